The molecule has 0 radical (unpaired) electrons. The Hall–Kier alpha value is -3.33. The highest BCUT2D eigenvalue weighted by atomic mass is 19.1. The Balaban J connectivity index is 1.34. The van der Waals surface area contributed by atoms with Gasteiger partial charge in [0.05, 0.1) is 12.2 Å². The molecule has 9 heteroatoms. The minimum atomic E-state index is -0.336. The Morgan fingerprint density at radius 1 is 1.07 bits per heavy atom. The number of carbonyl (C=O) groups excluding carboxylic acids is 1. The number of piperazine rings is 1. The van der Waals surface area contributed by atoms with Crippen molar-refractivity contribution in [2.45, 2.75) is 20.4 Å². The lowest BCUT2D eigenvalue weighted by atomic mass is 10.1. The van der Waals surface area contributed by atoms with Gasteiger partial charge in [-0.25, -0.2) is 9.18 Å². The number of aromatic nitrogens is 4. The zero-order valence-electron chi connectivity index (χ0n) is 17.0. The lowest BCUT2D eigenvalue weighted by Gasteiger charge is -2.34. The molecular weight excluding hydrogens is 385 g/mol. The molecule has 4 rings (SSSR count). The fraction of sp³-hybridized carbons (Fsp3) is 0.333. The molecule has 0 aliphatic carbocycles. The van der Waals surface area contributed by atoms with Gasteiger partial charge in [0.2, 0.25) is 0 Å². The lowest BCUT2D eigenvalue weighted by Crippen LogP contribution is -2.49. The SMILES string of the molecule is Cc1cc(C)cc(NC(=O)N2CCN(Cc3nnnn3-c3cccc(F)c3)CC2)c1. The summed E-state index contributed by atoms with van der Waals surface area (Å²) >= 11 is 0. The second kappa shape index (κ2) is 8.58. The minimum Gasteiger partial charge on any atom is -0.322 e. The van der Waals surface area contributed by atoms with E-state index in [1.54, 1.807) is 16.8 Å². The molecule has 0 atom stereocenters. The van der Waals surface area contributed by atoms with Crippen molar-refractivity contribution < 1.29 is 9.18 Å². The van der Waals surface area contributed by atoms with Crippen LogP contribution in [0, 0.1) is 19.7 Å². The summed E-state index contributed by atoms with van der Waals surface area (Å²) in [6.07, 6.45) is 0. The maximum atomic E-state index is 13.5. The van der Waals surface area contributed by atoms with Gasteiger partial charge in [-0.05, 0) is 65.7 Å². The van der Waals surface area contributed by atoms with Gasteiger partial charge in [-0.3, -0.25) is 4.90 Å². The van der Waals surface area contributed by atoms with Gasteiger partial charge in [-0.2, -0.15) is 4.68 Å². The Kier molecular flexibility index (Phi) is 5.71. The number of benzene rings is 2. The third-order valence-electron chi connectivity index (χ3n) is 5.08. The zero-order valence-corrected chi connectivity index (χ0v) is 17.0. The van der Waals surface area contributed by atoms with Crippen molar-refractivity contribution in [1.29, 1.82) is 0 Å². The number of aryl methyl sites for hydroxylation is 2. The molecule has 2 aromatic carbocycles. The molecule has 8 nitrogen and oxygen atoms in total. The smallest absolute Gasteiger partial charge is 0.321 e. The number of carbonyl (C=O) groups is 1. The van der Waals surface area contributed by atoms with Crippen molar-refractivity contribution in [2.75, 3.05) is 31.5 Å². The van der Waals surface area contributed by atoms with Crippen LogP contribution in [0.3, 0.4) is 0 Å². The first-order chi connectivity index (χ1) is 14.5. The molecule has 1 aliphatic rings. The molecule has 30 heavy (non-hydrogen) atoms. The summed E-state index contributed by atoms with van der Waals surface area (Å²) in [6, 6.07) is 12.1. The number of halogens is 1. The number of rotatable bonds is 4. The van der Waals surface area contributed by atoms with Crippen LogP contribution >= 0.6 is 0 Å². The molecule has 1 N–H and O–H groups in total. The van der Waals surface area contributed by atoms with Crippen LogP contribution in [0.5, 0.6) is 0 Å². The van der Waals surface area contributed by atoms with Gasteiger partial charge < -0.3 is 10.2 Å². The fourth-order valence-electron chi connectivity index (χ4n) is 3.67. The molecule has 3 aromatic rings. The molecule has 1 fully saturated rings. The van der Waals surface area contributed by atoms with E-state index in [4.69, 9.17) is 0 Å². The van der Waals surface area contributed by atoms with Crippen molar-refractivity contribution in [3.8, 4) is 5.69 Å². The van der Waals surface area contributed by atoms with Crippen LogP contribution in [0.4, 0.5) is 14.9 Å². The van der Waals surface area contributed by atoms with Gasteiger partial charge in [0.15, 0.2) is 5.82 Å². The summed E-state index contributed by atoms with van der Waals surface area (Å²) in [6.45, 7) is 7.18. The molecule has 1 aromatic heterocycles. The number of tetrazole rings is 1. The fourth-order valence-corrected chi connectivity index (χ4v) is 3.67. The van der Waals surface area contributed by atoms with E-state index in [2.05, 4.69) is 31.8 Å². The molecule has 0 bridgehead atoms. The van der Waals surface area contributed by atoms with Crippen molar-refractivity contribution in [1.82, 2.24) is 30.0 Å². The third-order valence-corrected chi connectivity index (χ3v) is 5.08. The molecule has 0 spiro atoms. The maximum Gasteiger partial charge on any atom is 0.321 e. The summed E-state index contributed by atoms with van der Waals surface area (Å²) in [5.41, 5.74) is 3.63. The van der Waals surface area contributed by atoms with Crippen LogP contribution < -0.4 is 5.32 Å². The number of urea groups is 1. The normalized spacial score (nSPS) is 14.7. The Morgan fingerprint density at radius 2 is 1.80 bits per heavy atom. The van der Waals surface area contributed by atoms with E-state index in [1.807, 2.05) is 30.9 Å². The Labute approximate surface area is 174 Å². The number of amides is 2. The quantitative estimate of drug-likeness (QED) is 0.717. The Morgan fingerprint density at radius 3 is 2.50 bits per heavy atom. The third kappa shape index (κ3) is 4.62. The average molecular weight is 409 g/mol. The van der Waals surface area contributed by atoms with Crippen LogP contribution in [0.15, 0.2) is 42.5 Å². The van der Waals surface area contributed by atoms with E-state index in [0.29, 0.717) is 44.2 Å². The highest BCUT2D eigenvalue weighted by molar-refractivity contribution is 5.89. The van der Waals surface area contributed by atoms with E-state index in [-0.39, 0.29) is 11.8 Å². The van der Waals surface area contributed by atoms with Crippen molar-refractivity contribution in [2.24, 2.45) is 0 Å². The number of hydrogen-bond acceptors (Lipinski definition) is 5. The van der Waals surface area contributed by atoms with Crippen LogP contribution in [0.2, 0.25) is 0 Å². The largest absolute Gasteiger partial charge is 0.322 e. The first-order valence-corrected chi connectivity index (χ1v) is 9.88. The van der Waals surface area contributed by atoms with Gasteiger partial charge in [-0.1, -0.05) is 12.1 Å². The highest BCUT2D eigenvalue weighted by Crippen LogP contribution is 2.16. The Bertz CT molecular complexity index is 1020. The van der Waals surface area contributed by atoms with Gasteiger partial charge in [0.1, 0.15) is 5.82 Å². The topological polar surface area (TPSA) is 79.2 Å². The van der Waals surface area contributed by atoms with Gasteiger partial charge in [-0.15, -0.1) is 5.10 Å². The predicted molar refractivity (Wildman–Crippen MR) is 111 cm³/mol. The monoisotopic (exact) mass is 409 g/mol. The second-order valence-electron chi connectivity index (χ2n) is 7.56. The van der Waals surface area contributed by atoms with Gasteiger partial charge in [0.25, 0.3) is 0 Å². The molecule has 0 saturated carbocycles. The van der Waals surface area contributed by atoms with Gasteiger partial charge in [0, 0.05) is 31.9 Å². The standard InChI is InChI=1S/C21H24FN7O/c1-15-10-16(2)12-18(11-15)23-21(30)28-8-6-27(7-9-28)14-20-24-25-26-29(20)19-5-3-4-17(22)13-19/h3-5,10-13H,6-9,14H2,1-2H3,(H,23,30). The van der Waals surface area contributed by atoms with Crippen molar-refractivity contribution in [3.05, 3.63) is 65.2 Å². The van der Waals surface area contributed by atoms with E-state index in [1.165, 1.54) is 12.1 Å². The first-order valence-electron chi connectivity index (χ1n) is 9.88. The molecular formula is C21H24FN7O. The molecule has 2 amide bonds. The number of nitrogens with zero attached hydrogens (tertiary/aromatic N) is 6. The van der Waals surface area contributed by atoms with Crippen molar-refractivity contribution >= 4 is 11.7 Å². The molecule has 2 heterocycles. The second-order valence-corrected chi connectivity index (χ2v) is 7.56. The van der Waals surface area contributed by atoms with E-state index in [0.717, 1.165) is 16.8 Å². The van der Waals surface area contributed by atoms with E-state index in [9.17, 15) is 9.18 Å². The predicted octanol–water partition coefficient (Wildman–Crippen LogP) is 2.77. The highest BCUT2D eigenvalue weighted by Gasteiger charge is 2.23. The summed E-state index contributed by atoms with van der Waals surface area (Å²) in [5.74, 6) is 0.297. The summed E-state index contributed by atoms with van der Waals surface area (Å²) in [7, 11) is 0. The molecule has 0 unspecified atom stereocenters. The van der Waals surface area contributed by atoms with Crippen LogP contribution in [0.25, 0.3) is 5.69 Å². The maximum absolute atomic E-state index is 13.5. The van der Waals surface area contributed by atoms with Crippen LogP contribution in [-0.4, -0.2) is 62.2 Å². The molecule has 1 saturated heterocycles. The first kappa shape index (κ1) is 20.0. The average Bonchev–Trinajstić information content (AvgIpc) is 3.16. The summed E-state index contributed by atoms with van der Waals surface area (Å²) in [4.78, 5) is 16.6. The van der Waals surface area contributed by atoms with Gasteiger partial charge >= 0.3 is 6.03 Å². The summed E-state index contributed by atoms with van der Waals surface area (Å²) < 4.78 is 15.1. The van der Waals surface area contributed by atoms with E-state index < -0.39 is 0 Å². The minimum absolute atomic E-state index is 0.0933. The number of hydrogen-bond donors (Lipinski definition) is 1. The van der Waals surface area contributed by atoms with Crippen LogP contribution in [-0.2, 0) is 6.54 Å². The van der Waals surface area contributed by atoms with Crippen LogP contribution in [0.1, 0.15) is 17.0 Å². The van der Waals surface area contributed by atoms with Crippen molar-refractivity contribution in [3.63, 3.8) is 0 Å². The molecule has 1 aliphatic heterocycles. The molecule has 156 valence electrons. The zero-order chi connectivity index (χ0) is 21.1. The lowest BCUT2D eigenvalue weighted by molar-refractivity contribution is 0.140. The number of nitrogens with one attached hydrogen (secondary N) is 1. The number of anilines is 1. The van der Waals surface area contributed by atoms with E-state index >= 15 is 0 Å². The summed E-state index contributed by atoms with van der Waals surface area (Å²) in [5, 5.41) is 14.8.